The summed E-state index contributed by atoms with van der Waals surface area (Å²) in [6, 6.07) is 7.84. The number of fused-ring (bicyclic) bond motifs is 1. The van der Waals surface area contributed by atoms with Crippen LogP contribution in [0.2, 0.25) is 0 Å². The summed E-state index contributed by atoms with van der Waals surface area (Å²) in [4.78, 5) is 26.8. The van der Waals surface area contributed by atoms with Crippen LogP contribution < -0.4 is 4.84 Å². The lowest BCUT2D eigenvalue weighted by atomic mass is 10.1. The van der Waals surface area contributed by atoms with Gasteiger partial charge in [-0.3, -0.25) is 0 Å². The fourth-order valence-corrected chi connectivity index (χ4v) is 2.69. The smallest absolute Gasteiger partial charge is 0.342 e. The van der Waals surface area contributed by atoms with Gasteiger partial charge in [-0.15, -0.1) is 0 Å². The molecule has 0 saturated carbocycles. The van der Waals surface area contributed by atoms with Crippen molar-refractivity contribution in [2.75, 3.05) is 6.61 Å². The average Bonchev–Trinajstić information content (AvgIpc) is 2.93. The van der Waals surface area contributed by atoms with Gasteiger partial charge >= 0.3 is 5.97 Å². The van der Waals surface area contributed by atoms with Gasteiger partial charge in [-0.2, -0.15) is 4.73 Å². The van der Waals surface area contributed by atoms with E-state index in [4.69, 9.17) is 9.57 Å². The summed E-state index contributed by atoms with van der Waals surface area (Å²) in [5, 5.41) is 0.952. The fourth-order valence-electron chi connectivity index (χ4n) is 2.69. The van der Waals surface area contributed by atoms with Crippen LogP contribution in [0, 0.1) is 6.92 Å². The molecule has 130 valence electrons. The number of aromatic nitrogens is 3. The lowest BCUT2D eigenvalue weighted by Gasteiger charge is -2.11. The van der Waals surface area contributed by atoms with Crippen molar-refractivity contribution in [3.63, 3.8) is 0 Å². The minimum atomic E-state index is -0.432. The quantitative estimate of drug-likeness (QED) is 0.666. The Balaban J connectivity index is 2.21. The highest BCUT2D eigenvalue weighted by atomic mass is 16.7. The first-order valence-electron chi connectivity index (χ1n) is 8.29. The van der Waals surface area contributed by atoms with Crippen LogP contribution in [-0.2, 0) is 4.74 Å². The molecule has 0 aliphatic rings. The molecule has 0 bridgehead atoms. The van der Waals surface area contributed by atoms with E-state index in [1.165, 1.54) is 6.20 Å². The van der Waals surface area contributed by atoms with Gasteiger partial charge in [0, 0.05) is 17.1 Å². The number of para-hydroxylation sites is 1. The summed E-state index contributed by atoms with van der Waals surface area (Å²) in [5.41, 5.74) is 2.62. The third-order valence-electron chi connectivity index (χ3n) is 3.67. The number of ether oxygens (including phenoxy) is 1. The van der Waals surface area contributed by atoms with Gasteiger partial charge in [-0.1, -0.05) is 18.2 Å². The largest absolute Gasteiger partial charge is 0.459 e. The Morgan fingerprint density at radius 1 is 1.28 bits per heavy atom. The van der Waals surface area contributed by atoms with Crippen molar-refractivity contribution in [2.45, 2.75) is 33.8 Å². The van der Waals surface area contributed by atoms with Gasteiger partial charge in [0.15, 0.2) is 0 Å². The van der Waals surface area contributed by atoms with Crippen LogP contribution in [0.1, 0.15) is 37.0 Å². The average molecular weight is 339 g/mol. The van der Waals surface area contributed by atoms with E-state index < -0.39 is 5.97 Å². The second kappa shape index (κ2) is 6.93. The Labute approximate surface area is 146 Å². The van der Waals surface area contributed by atoms with Crippen molar-refractivity contribution in [3.8, 4) is 11.3 Å². The van der Waals surface area contributed by atoms with Crippen LogP contribution in [0.15, 0.2) is 36.7 Å². The van der Waals surface area contributed by atoms with E-state index in [2.05, 4.69) is 9.97 Å². The highest BCUT2D eigenvalue weighted by Crippen LogP contribution is 2.31. The monoisotopic (exact) mass is 339 g/mol. The first-order valence-corrected chi connectivity index (χ1v) is 8.29. The lowest BCUT2D eigenvalue weighted by Crippen LogP contribution is -2.14. The SMILES string of the molecule is CCOn1cc(-c2nc(C)ncc2C(=O)OC(C)C)c2ccccc21. The second-order valence-electron chi connectivity index (χ2n) is 5.94. The molecule has 6 heteroatoms. The van der Waals surface area contributed by atoms with Gasteiger partial charge in [0.1, 0.15) is 18.0 Å². The number of carbonyl (C=O) groups is 1. The van der Waals surface area contributed by atoms with Crippen molar-refractivity contribution in [1.82, 2.24) is 14.7 Å². The standard InChI is InChI=1S/C19H21N3O3/c1-5-24-22-11-16(14-8-6-7-9-17(14)22)18-15(10-20-13(4)21-18)19(23)25-12(2)3/h6-12H,5H2,1-4H3. The highest BCUT2D eigenvalue weighted by Gasteiger charge is 2.21. The number of esters is 1. The second-order valence-corrected chi connectivity index (χ2v) is 5.94. The molecular weight excluding hydrogens is 318 g/mol. The van der Waals surface area contributed by atoms with E-state index in [-0.39, 0.29) is 6.10 Å². The number of hydrogen-bond donors (Lipinski definition) is 0. The first-order chi connectivity index (χ1) is 12.0. The number of rotatable bonds is 5. The fraction of sp³-hybridized carbons (Fsp3) is 0.316. The van der Waals surface area contributed by atoms with Crippen molar-refractivity contribution in [1.29, 1.82) is 0 Å². The zero-order valence-corrected chi connectivity index (χ0v) is 14.8. The zero-order valence-electron chi connectivity index (χ0n) is 14.8. The molecule has 0 aliphatic carbocycles. The molecular formula is C19H21N3O3. The van der Waals surface area contributed by atoms with Crippen LogP contribution in [-0.4, -0.2) is 33.4 Å². The van der Waals surface area contributed by atoms with Crippen molar-refractivity contribution in [2.24, 2.45) is 0 Å². The molecule has 25 heavy (non-hydrogen) atoms. The van der Waals surface area contributed by atoms with Crippen molar-refractivity contribution >= 4 is 16.9 Å². The number of benzene rings is 1. The molecule has 2 heterocycles. The molecule has 0 unspecified atom stereocenters. The third-order valence-corrected chi connectivity index (χ3v) is 3.67. The van der Waals surface area contributed by atoms with E-state index >= 15 is 0 Å². The molecule has 3 aromatic rings. The summed E-state index contributed by atoms with van der Waals surface area (Å²) in [5.74, 6) is 0.155. The van der Waals surface area contributed by atoms with E-state index in [0.717, 1.165) is 16.5 Å². The molecule has 3 rings (SSSR count). The minimum Gasteiger partial charge on any atom is -0.459 e. The first kappa shape index (κ1) is 17.0. The third kappa shape index (κ3) is 3.33. The summed E-state index contributed by atoms with van der Waals surface area (Å²) < 4.78 is 7.06. The van der Waals surface area contributed by atoms with Gasteiger partial charge in [0.2, 0.25) is 0 Å². The molecule has 6 nitrogen and oxygen atoms in total. The van der Waals surface area contributed by atoms with E-state index in [1.807, 2.05) is 51.2 Å². The van der Waals surface area contributed by atoms with Gasteiger partial charge in [-0.25, -0.2) is 14.8 Å². The molecule has 0 spiro atoms. The van der Waals surface area contributed by atoms with E-state index in [9.17, 15) is 4.79 Å². The molecule has 0 saturated heterocycles. The molecule has 0 atom stereocenters. The Morgan fingerprint density at radius 3 is 2.76 bits per heavy atom. The lowest BCUT2D eigenvalue weighted by molar-refractivity contribution is 0.0378. The van der Waals surface area contributed by atoms with E-state index in [1.54, 1.807) is 11.7 Å². The Morgan fingerprint density at radius 2 is 2.04 bits per heavy atom. The zero-order chi connectivity index (χ0) is 18.0. The maximum absolute atomic E-state index is 12.5. The molecule has 0 fully saturated rings. The van der Waals surface area contributed by atoms with Crippen LogP contribution in [0.4, 0.5) is 0 Å². The molecule has 0 N–H and O–H groups in total. The van der Waals surface area contributed by atoms with Crippen LogP contribution in [0.25, 0.3) is 22.2 Å². The van der Waals surface area contributed by atoms with Crippen LogP contribution in [0.5, 0.6) is 0 Å². The normalized spacial score (nSPS) is 11.1. The predicted octanol–water partition coefficient (Wildman–Crippen LogP) is 3.42. The number of nitrogens with zero attached hydrogens (tertiary/aromatic N) is 3. The Hall–Kier alpha value is -2.89. The minimum absolute atomic E-state index is 0.216. The van der Waals surface area contributed by atoms with Crippen molar-refractivity contribution < 1.29 is 14.4 Å². The topological polar surface area (TPSA) is 66.2 Å². The molecule has 0 radical (unpaired) electrons. The molecule has 0 amide bonds. The Bertz CT molecular complexity index is 915. The molecule has 2 aromatic heterocycles. The van der Waals surface area contributed by atoms with Gasteiger partial charge in [0.25, 0.3) is 0 Å². The van der Waals surface area contributed by atoms with Crippen molar-refractivity contribution in [3.05, 3.63) is 48.0 Å². The Kier molecular flexibility index (Phi) is 4.70. The van der Waals surface area contributed by atoms with E-state index in [0.29, 0.717) is 23.7 Å². The maximum atomic E-state index is 12.5. The molecule has 1 aromatic carbocycles. The summed E-state index contributed by atoms with van der Waals surface area (Å²) >= 11 is 0. The number of carbonyl (C=O) groups excluding carboxylic acids is 1. The van der Waals surface area contributed by atoms with Gasteiger partial charge in [0.05, 0.1) is 23.5 Å². The summed E-state index contributed by atoms with van der Waals surface area (Å²) in [6.45, 7) is 7.88. The molecule has 0 aliphatic heterocycles. The van der Waals surface area contributed by atoms with Crippen LogP contribution >= 0.6 is 0 Å². The highest BCUT2D eigenvalue weighted by molar-refractivity contribution is 6.02. The summed E-state index contributed by atoms with van der Waals surface area (Å²) in [6.07, 6.45) is 3.16. The van der Waals surface area contributed by atoms with Crippen LogP contribution in [0.3, 0.4) is 0 Å². The summed E-state index contributed by atoms with van der Waals surface area (Å²) in [7, 11) is 0. The predicted molar refractivity (Wildman–Crippen MR) is 95.4 cm³/mol. The van der Waals surface area contributed by atoms with Gasteiger partial charge < -0.3 is 9.57 Å². The number of hydrogen-bond acceptors (Lipinski definition) is 5. The van der Waals surface area contributed by atoms with Gasteiger partial charge in [-0.05, 0) is 33.8 Å². The maximum Gasteiger partial charge on any atom is 0.342 e. The number of aryl methyl sites for hydroxylation is 1.